The first-order valence-electron chi connectivity index (χ1n) is 11.9. The van der Waals surface area contributed by atoms with Crippen LogP contribution < -0.4 is 5.32 Å². The highest BCUT2D eigenvalue weighted by molar-refractivity contribution is 6.04. The van der Waals surface area contributed by atoms with E-state index in [0.29, 0.717) is 40.7 Å². The molecule has 9 nitrogen and oxygen atoms in total. The Hall–Kier alpha value is -4.66. The van der Waals surface area contributed by atoms with E-state index in [-0.39, 0.29) is 28.9 Å². The van der Waals surface area contributed by atoms with Crippen LogP contribution >= 0.6 is 0 Å². The number of amidine groups is 1. The molecule has 192 valence electrons. The van der Waals surface area contributed by atoms with E-state index in [0.717, 1.165) is 5.76 Å². The predicted octanol–water partition coefficient (Wildman–Crippen LogP) is 5.71. The largest absolute Gasteiger partial charge is 0.505 e. The molecule has 0 unspecified atom stereocenters. The van der Waals surface area contributed by atoms with E-state index in [1.54, 1.807) is 54.4 Å². The maximum absolute atomic E-state index is 11.3. The summed E-state index contributed by atoms with van der Waals surface area (Å²) >= 11 is 0. The Morgan fingerprint density at radius 1 is 0.973 bits per heavy atom. The topological polar surface area (TPSA) is 119 Å². The van der Waals surface area contributed by atoms with Gasteiger partial charge in [0.05, 0.1) is 22.6 Å². The monoisotopic (exact) mass is 501 g/mol. The molecule has 0 amide bonds. The second-order valence-corrected chi connectivity index (χ2v) is 8.63. The van der Waals surface area contributed by atoms with Crippen LogP contribution in [-0.2, 0) is 0 Å². The Kier molecular flexibility index (Phi) is 7.24. The average Bonchev–Trinajstić information content (AvgIpc) is 3.41. The molecule has 0 aliphatic heterocycles. The summed E-state index contributed by atoms with van der Waals surface area (Å²) in [5.74, 6) is 1.29. The maximum Gasteiger partial charge on any atom is 0.227 e. The van der Waals surface area contributed by atoms with Gasteiger partial charge in [0.1, 0.15) is 28.8 Å². The zero-order chi connectivity index (χ0) is 26.7. The molecular formula is C28H31N5O4. The van der Waals surface area contributed by atoms with Crippen LogP contribution in [0.2, 0.25) is 0 Å². The Labute approximate surface area is 215 Å². The van der Waals surface area contributed by atoms with Gasteiger partial charge in [-0.15, -0.1) is 0 Å². The number of phenols is 1. The first-order chi connectivity index (χ1) is 17.8. The number of nitrogens with one attached hydrogen (secondary N) is 1. The minimum Gasteiger partial charge on any atom is -0.505 e. The second kappa shape index (κ2) is 10.5. The third-order valence-corrected chi connectivity index (χ3v) is 5.89. The quantitative estimate of drug-likeness (QED) is 0.146. The van der Waals surface area contributed by atoms with Crippen LogP contribution in [0.15, 0.2) is 75.1 Å². The Balaban J connectivity index is 1.91. The van der Waals surface area contributed by atoms with Crippen molar-refractivity contribution in [2.24, 2.45) is 9.98 Å². The summed E-state index contributed by atoms with van der Waals surface area (Å²) in [6.45, 7) is 3.77. The Morgan fingerprint density at radius 2 is 1.70 bits per heavy atom. The molecule has 0 spiro atoms. The lowest BCUT2D eigenvalue weighted by molar-refractivity contribution is 0.404. The SMILES string of the molecule is CCC(=Nc1c(Nc2cccc(C(=NC)N(C)C)c2O)c(O)n(-c2ccccc2)c1O)c1ccc(C)o1. The van der Waals surface area contributed by atoms with Crippen molar-refractivity contribution in [1.29, 1.82) is 0 Å². The summed E-state index contributed by atoms with van der Waals surface area (Å²) < 4.78 is 7.06. The van der Waals surface area contributed by atoms with Crippen molar-refractivity contribution in [1.82, 2.24) is 9.47 Å². The normalized spacial score (nSPS) is 12.1. The number of para-hydroxylation sites is 2. The lowest BCUT2D eigenvalue weighted by atomic mass is 10.1. The number of hydrogen-bond acceptors (Lipinski definition) is 7. The highest BCUT2D eigenvalue weighted by Gasteiger charge is 2.26. The number of hydrogen-bond donors (Lipinski definition) is 4. The Morgan fingerprint density at radius 3 is 2.30 bits per heavy atom. The minimum atomic E-state index is -0.268. The fourth-order valence-corrected chi connectivity index (χ4v) is 4.13. The van der Waals surface area contributed by atoms with Gasteiger partial charge in [-0.05, 0) is 49.7 Å². The van der Waals surface area contributed by atoms with E-state index in [1.807, 2.05) is 46.1 Å². The van der Waals surface area contributed by atoms with Gasteiger partial charge < -0.3 is 30.0 Å². The van der Waals surface area contributed by atoms with Gasteiger partial charge in [-0.25, -0.2) is 9.56 Å². The van der Waals surface area contributed by atoms with Crippen molar-refractivity contribution in [2.45, 2.75) is 20.3 Å². The highest BCUT2D eigenvalue weighted by atomic mass is 16.3. The number of nitrogens with zero attached hydrogens (tertiary/aromatic N) is 4. The molecule has 0 saturated carbocycles. The molecule has 0 atom stereocenters. The average molecular weight is 502 g/mol. The fraction of sp³-hybridized carbons (Fsp3) is 0.214. The molecule has 9 heteroatoms. The van der Waals surface area contributed by atoms with Crippen molar-refractivity contribution in [3.8, 4) is 23.2 Å². The molecule has 2 aromatic heterocycles. The van der Waals surface area contributed by atoms with Gasteiger partial charge in [-0.1, -0.05) is 31.2 Å². The number of aliphatic imine (C=N–C) groups is 2. The van der Waals surface area contributed by atoms with E-state index in [9.17, 15) is 15.3 Å². The van der Waals surface area contributed by atoms with Crippen molar-refractivity contribution < 1.29 is 19.7 Å². The number of aromatic hydroxyl groups is 3. The van der Waals surface area contributed by atoms with Crippen LogP contribution in [0.5, 0.6) is 17.5 Å². The predicted molar refractivity (Wildman–Crippen MR) is 147 cm³/mol. The van der Waals surface area contributed by atoms with Crippen molar-refractivity contribution in [3.05, 3.63) is 77.7 Å². The molecule has 2 aromatic carbocycles. The number of anilines is 2. The van der Waals surface area contributed by atoms with Crippen LogP contribution in [0.4, 0.5) is 17.1 Å². The minimum absolute atomic E-state index is 0.0598. The van der Waals surface area contributed by atoms with Gasteiger partial charge in [-0.3, -0.25) is 4.99 Å². The van der Waals surface area contributed by atoms with E-state index in [4.69, 9.17) is 9.41 Å². The molecule has 0 bridgehead atoms. The van der Waals surface area contributed by atoms with Gasteiger partial charge >= 0.3 is 0 Å². The molecule has 0 saturated heterocycles. The number of benzene rings is 2. The summed E-state index contributed by atoms with van der Waals surface area (Å²) in [5, 5.41) is 36.8. The third-order valence-electron chi connectivity index (χ3n) is 5.89. The molecule has 37 heavy (non-hydrogen) atoms. The van der Waals surface area contributed by atoms with Gasteiger partial charge in [0.25, 0.3) is 0 Å². The van der Waals surface area contributed by atoms with Crippen LogP contribution in [0.25, 0.3) is 5.69 Å². The first kappa shape index (κ1) is 25.4. The summed E-state index contributed by atoms with van der Waals surface area (Å²) in [5.41, 5.74) is 2.18. The van der Waals surface area contributed by atoms with Crippen LogP contribution in [0.1, 0.15) is 30.4 Å². The van der Waals surface area contributed by atoms with Crippen molar-refractivity contribution in [2.75, 3.05) is 26.5 Å². The standard InChI is InChI=1S/C28H31N5O4/c1-6-20(22-16-15-17(2)37-22)30-23-24(28(36)33(27(23)35)18-11-8-7-9-12-18)31-21-14-10-13-19(25(21)34)26(29-3)32(4)5/h7-16,31,34-36H,6H2,1-5H3. The van der Waals surface area contributed by atoms with Gasteiger partial charge in [0.2, 0.25) is 11.8 Å². The molecule has 4 aromatic rings. The molecular weight excluding hydrogens is 470 g/mol. The summed E-state index contributed by atoms with van der Waals surface area (Å²) in [4.78, 5) is 10.8. The van der Waals surface area contributed by atoms with E-state index in [1.165, 1.54) is 4.57 Å². The highest BCUT2D eigenvalue weighted by Crippen LogP contribution is 2.49. The van der Waals surface area contributed by atoms with Crippen molar-refractivity contribution in [3.63, 3.8) is 0 Å². The van der Waals surface area contributed by atoms with Gasteiger partial charge in [0.15, 0.2) is 5.69 Å². The molecule has 4 N–H and O–H groups in total. The van der Waals surface area contributed by atoms with Gasteiger partial charge in [0, 0.05) is 21.1 Å². The molecule has 0 aliphatic carbocycles. The molecule has 0 fully saturated rings. The number of aryl methyl sites for hydroxylation is 1. The maximum atomic E-state index is 11.3. The third kappa shape index (κ3) is 4.88. The number of phenolic OH excluding ortho intramolecular Hbond substituents is 1. The molecule has 0 radical (unpaired) electrons. The van der Waals surface area contributed by atoms with E-state index < -0.39 is 0 Å². The number of aromatic nitrogens is 1. The fourth-order valence-electron chi connectivity index (χ4n) is 4.13. The lowest BCUT2D eigenvalue weighted by Gasteiger charge is -2.18. The lowest BCUT2D eigenvalue weighted by Crippen LogP contribution is -2.23. The Bertz CT molecular complexity index is 1470. The second-order valence-electron chi connectivity index (χ2n) is 8.63. The summed E-state index contributed by atoms with van der Waals surface area (Å²) in [7, 11) is 5.32. The van der Waals surface area contributed by atoms with E-state index in [2.05, 4.69) is 10.3 Å². The molecule has 2 heterocycles. The summed E-state index contributed by atoms with van der Waals surface area (Å²) in [6, 6.07) is 17.8. The number of rotatable bonds is 7. The molecule has 0 aliphatic rings. The van der Waals surface area contributed by atoms with Crippen LogP contribution in [0.3, 0.4) is 0 Å². The summed E-state index contributed by atoms with van der Waals surface area (Å²) in [6.07, 6.45) is 0.517. The van der Waals surface area contributed by atoms with Crippen LogP contribution in [0, 0.1) is 6.92 Å². The van der Waals surface area contributed by atoms with Gasteiger partial charge in [-0.2, -0.15) is 0 Å². The first-order valence-corrected chi connectivity index (χ1v) is 11.9. The zero-order valence-electron chi connectivity index (χ0n) is 21.5. The van der Waals surface area contributed by atoms with E-state index >= 15 is 0 Å². The number of furan rings is 1. The smallest absolute Gasteiger partial charge is 0.227 e. The van der Waals surface area contributed by atoms with Crippen LogP contribution in [-0.4, -0.2) is 57.5 Å². The molecule has 4 rings (SSSR count). The van der Waals surface area contributed by atoms with Crippen molar-refractivity contribution >= 4 is 28.6 Å². The zero-order valence-corrected chi connectivity index (χ0v) is 21.5.